The first-order valence-corrected chi connectivity index (χ1v) is 13.2. The van der Waals surface area contributed by atoms with Gasteiger partial charge >= 0.3 is 6.03 Å². The van der Waals surface area contributed by atoms with Gasteiger partial charge in [-0.15, -0.1) is 0 Å². The Labute approximate surface area is 222 Å². The highest BCUT2D eigenvalue weighted by atomic mass is 16.3. The minimum Gasteiger partial charge on any atom is -0.444 e. The highest BCUT2D eigenvalue weighted by molar-refractivity contribution is 6.04. The molecular formula is C30H32N6O2. The van der Waals surface area contributed by atoms with Crippen LogP contribution in [0.1, 0.15) is 26.2 Å². The number of carbonyl (C=O) groups excluding carboxylic acids is 1. The van der Waals surface area contributed by atoms with E-state index < -0.39 is 0 Å². The molecule has 0 bridgehead atoms. The van der Waals surface area contributed by atoms with Crippen LogP contribution in [-0.2, 0) is 0 Å². The molecule has 4 aromatic rings. The summed E-state index contributed by atoms with van der Waals surface area (Å²) in [4.78, 5) is 29.3. The first kappa shape index (κ1) is 24.0. The minimum atomic E-state index is -0.209. The lowest BCUT2D eigenvalue weighted by molar-refractivity contribution is 0.255. The van der Waals surface area contributed by atoms with E-state index in [-0.39, 0.29) is 12.1 Å². The number of nitrogens with zero attached hydrogens (tertiary/aromatic N) is 5. The molecule has 2 aliphatic heterocycles. The van der Waals surface area contributed by atoms with Gasteiger partial charge < -0.3 is 19.5 Å². The molecule has 2 amide bonds. The van der Waals surface area contributed by atoms with Gasteiger partial charge in [0.2, 0.25) is 0 Å². The third-order valence-corrected chi connectivity index (χ3v) is 7.48. The normalized spacial score (nSPS) is 17.3. The summed E-state index contributed by atoms with van der Waals surface area (Å²) in [6.07, 6.45) is 6.36. The lowest BCUT2D eigenvalue weighted by Gasteiger charge is -2.28. The number of aromatic nitrogens is 2. The fourth-order valence-corrected chi connectivity index (χ4v) is 5.34. The zero-order valence-corrected chi connectivity index (χ0v) is 21.8. The molecule has 4 heterocycles. The number of benzene rings is 2. The third kappa shape index (κ3) is 4.69. The lowest BCUT2D eigenvalue weighted by atomic mass is 10.1. The molecule has 1 fully saturated rings. The van der Waals surface area contributed by atoms with Crippen LogP contribution in [0.15, 0.2) is 77.7 Å². The number of hydrogen-bond donors (Lipinski definition) is 1. The molecule has 1 N–H and O–H groups in total. The van der Waals surface area contributed by atoms with Crippen LogP contribution in [0.5, 0.6) is 0 Å². The molecule has 0 aliphatic carbocycles. The highest BCUT2D eigenvalue weighted by Crippen LogP contribution is 2.36. The summed E-state index contributed by atoms with van der Waals surface area (Å²) >= 11 is 0. The monoisotopic (exact) mass is 508 g/mol. The smallest absolute Gasteiger partial charge is 0.327 e. The number of urea groups is 1. The number of hydrogen-bond acceptors (Lipinski definition) is 6. The summed E-state index contributed by atoms with van der Waals surface area (Å²) in [5.74, 6) is 1.32. The molecular weight excluding hydrogens is 476 g/mol. The Morgan fingerprint density at radius 1 is 1.00 bits per heavy atom. The van der Waals surface area contributed by atoms with Crippen molar-refractivity contribution in [3.05, 3.63) is 73.3 Å². The van der Waals surface area contributed by atoms with E-state index in [4.69, 9.17) is 9.40 Å². The van der Waals surface area contributed by atoms with Gasteiger partial charge in [-0.3, -0.25) is 4.90 Å². The molecule has 1 saturated heterocycles. The zero-order chi connectivity index (χ0) is 26.1. The molecule has 194 valence electrons. The summed E-state index contributed by atoms with van der Waals surface area (Å²) in [6.45, 7) is 5.10. The Balaban J connectivity index is 1.34. The van der Waals surface area contributed by atoms with Crippen molar-refractivity contribution < 1.29 is 9.21 Å². The molecule has 0 saturated carbocycles. The molecule has 2 aromatic heterocycles. The van der Waals surface area contributed by atoms with Gasteiger partial charge in [-0.2, -0.15) is 0 Å². The van der Waals surface area contributed by atoms with Gasteiger partial charge in [-0.25, -0.2) is 14.8 Å². The quantitative estimate of drug-likeness (QED) is 0.350. The number of nitrogens with one attached hydrogen (secondary N) is 1. The molecule has 8 nitrogen and oxygen atoms in total. The number of rotatable bonds is 4. The number of carbonyl (C=O) groups is 1. The van der Waals surface area contributed by atoms with Crippen molar-refractivity contribution in [2.75, 3.05) is 46.7 Å². The number of anilines is 4. The summed E-state index contributed by atoms with van der Waals surface area (Å²) in [7, 11) is 2.06. The van der Waals surface area contributed by atoms with E-state index in [1.54, 1.807) is 11.1 Å². The Morgan fingerprint density at radius 3 is 2.63 bits per heavy atom. The zero-order valence-electron chi connectivity index (χ0n) is 21.8. The van der Waals surface area contributed by atoms with Crippen molar-refractivity contribution in [2.45, 2.75) is 32.2 Å². The standard InChI is InChI=1S/C30H32N6O2/c1-21-13-16-34(2)27-12-11-26(22-7-6-10-25(18-22)35-14-3-4-15-35)33-29(27)36(21)30(37)32-24-9-5-8-23(17-24)28-19-31-20-38-28/h5-12,17-21H,3-4,13-16H2,1-2H3,(H,32,37)/t21-/m1/s1. The Bertz CT molecular complexity index is 1430. The van der Waals surface area contributed by atoms with E-state index >= 15 is 0 Å². The summed E-state index contributed by atoms with van der Waals surface area (Å²) in [5, 5.41) is 3.09. The summed E-state index contributed by atoms with van der Waals surface area (Å²) < 4.78 is 5.43. The second-order valence-corrected chi connectivity index (χ2v) is 10.1. The summed E-state index contributed by atoms with van der Waals surface area (Å²) in [5.41, 5.74) is 5.62. The molecule has 2 aliphatic rings. The van der Waals surface area contributed by atoms with Crippen molar-refractivity contribution >= 4 is 28.9 Å². The predicted molar refractivity (Wildman–Crippen MR) is 152 cm³/mol. The van der Waals surface area contributed by atoms with Crippen molar-refractivity contribution in [3.63, 3.8) is 0 Å². The first-order valence-electron chi connectivity index (χ1n) is 13.2. The molecule has 38 heavy (non-hydrogen) atoms. The lowest BCUT2D eigenvalue weighted by Crippen LogP contribution is -2.42. The highest BCUT2D eigenvalue weighted by Gasteiger charge is 2.30. The van der Waals surface area contributed by atoms with Gasteiger partial charge in [-0.1, -0.05) is 24.3 Å². The average molecular weight is 509 g/mol. The Morgan fingerprint density at radius 2 is 1.82 bits per heavy atom. The van der Waals surface area contributed by atoms with Crippen LogP contribution in [0.3, 0.4) is 0 Å². The number of fused-ring (bicyclic) bond motifs is 1. The van der Waals surface area contributed by atoms with Crippen LogP contribution in [0, 0.1) is 0 Å². The molecule has 0 spiro atoms. The maximum atomic E-state index is 13.8. The van der Waals surface area contributed by atoms with Crippen LogP contribution in [0.2, 0.25) is 0 Å². The fourth-order valence-electron chi connectivity index (χ4n) is 5.34. The second-order valence-electron chi connectivity index (χ2n) is 10.1. The van der Waals surface area contributed by atoms with E-state index in [2.05, 4.69) is 70.5 Å². The van der Waals surface area contributed by atoms with Gasteiger partial charge in [0.15, 0.2) is 18.0 Å². The van der Waals surface area contributed by atoms with Gasteiger partial charge in [0.1, 0.15) is 0 Å². The summed E-state index contributed by atoms with van der Waals surface area (Å²) in [6, 6.07) is 20.1. The van der Waals surface area contributed by atoms with Crippen molar-refractivity contribution in [3.8, 4) is 22.6 Å². The maximum Gasteiger partial charge on any atom is 0.327 e. The fraction of sp³-hybridized carbons (Fsp3) is 0.300. The number of oxazole rings is 1. The van der Waals surface area contributed by atoms with Crippen LogP contribution < -0.4 is 20.0 Å². The van der Waals surface area contributed by atoms with Gasteiger partial charge in [-0.05, 0) is 62.6 Å². The number of pyridine rings is 1. The topological polar surface area (TPSA) is 77.7 Å². The molecule has 0 unspecified atom stereocenters. The van der Waals surface area contributed by atoms with Crippen molar-refractivity contribution in [1.29, 1.82) is 0 Å². The van der Waals surface area contributed by atoms with Crippen LogP contribution in [0.4, 0.5) is 27.7 Å². The SMILES string of the molecule is C[C@@H]1CCN(C)c2ccc(-c3cccc(N4CCCC4)c3)nc2N1C(=O)Nc1cccc(-c2cnco2)c1. The molecule has 6 rings (SSSR count). The number of amides is 2. The van der Waals surface area contributed by atoms with Crippen LogP contribution in [-0.4, -0.2) is 48.7 Å². The molecule has 2 aromatic carbocycles. The average Bonchev–Trinajstić information content (AvgIpc) is 3.66. The van der Waals surface area contributed by atoms with Crippen molar-refractivity contribution in [2.24, 2.45) is 0 Å². The predicted octanol–water partition coefficient (Wildman–Crippen LogP) is 6.27. The van der Waals surface area contributed by atoms with E-state index in [0.29, 0.717) is 17.3 Å². The van der Waals surface area contributed by atoms with Crippen molar-refractivity contribution in [1.82, 2.24) is 9.97 Å². The van der Waals surface area contributed by atoms with Gasteiger partial charge in [0.25, 0.3) is 0 Å². The maximum absolute atomic E-state index is 13.8. The molecule has 1 atom stereocenters. The van der Waals surface area contributed by atoms with Gasteiger partial charge in [0, 0.05) is 55.2 Å². The van der Waals surface area contributed by atoms with Gasteiger partial charge in [0.05, 0.1) is 17.6 Å². The second kappa shape index (κ2) is 10.2. The van der Waals surface area contributed by atoms with Crippen LogP contribution in [0.25, 0.3) is 22.6 Å². The van der Waals surface area contributed by atoms with E-state index in [1.165, 1.54) is 24.9 Å². The van der Waals surface area contributed by atoms with E-state index in [1.807, 2.05) is 24.3 Å². The van der Waals surface area contributed by atoms with Crippen LogP contribution >= 0.6 is 0 Å². The molecule has 0 radical (unpaired) electrons. The first-order chi connectivity index (χ1) is 18.6. The Kier molecular flexibility index (Phi) is 6.45. The third-order valence-electron chi connectivity index (χ3n) is 7.48. The Hall–Kier alpha value is -4.33. The van der Waals surface area contributed by atoms with E-state index in [0.717, 1.165) is 48.6 Å². The minimum absolute atomic E-state index is 0.0326. The molecule has 8 heteroatoms. The van der Waals surface area contributed by atoms with E-state index in [9.17, 15) is 4.79 Å². The largest absolute Gasteiger partial charge is 0.444 e.